The van der Waals surface area contributed by atoms with Crippen molar-refractivity contribution in [1.29, 1.82) is 0 Å². The molecule has 0 aliphatic rings. The lowest BCUT2D eigenvalue weighted by molar-refractivity contribution is -0.143. The molecule has 402 valence electrons. The Bertz CT molecular complexity index is 1060. The van der Waals surface area contributed by atoms with Crippen molar-refractivity contribution in [2.24, 2.45) is 0 Å². The molecule has 0 bridgehead atoms. The molecule has 6 heteroatoms. The molecule has 1 amide bonds. The van der Waals surface area contributed by atoms with Crippen molar-refractivity contribution in [3.63, 3.8) is 0 Å². The minimum Gasteiger partial charge on any atom is -0.466 e. The molecule has 0 aromatic carbocycles. The van der Waals surface area contributed by atoms with Crippen LogP contribution in [-0.2, 0) is 14.3 Å². The Morgan fingerprint density at radius 3 is 1.12 bits per heavy atom. The number of carbonyl (C=O) groups is 2. The first-order chi connectivity index (χ1) is 33.5. The zero-order chi connectivity index (χ0) is 49.3. The highest BCUT2D eigenvalue weighted by atomic mass is 16.5. The number of nitrogens with one attached hydrogen (secondary N) is 1. The molecule has 0 aliphatic heterocycles. The summed E-state index contributed by atoms with van der Waals surface area (Å²) in [6, 6.07) is -0.554. The zero-order valence-electron chi connectivity index (χ0n) is 45.9. The SMILES string of the molecule is CCCCCCCCCCCCCCCCCCCCCCCCCC(O)C(CO)NC(=O)CCCCCCCCC/C=C\C/C=C\CCCCCOC(=O)CCCCCCCCCCCCC. The standard InChI is InChI=1S/C62H119NO5/c1-3-5-7-9-11-13-15-16-17-18-19-20-21-22-23-25-28-31-35-38-42-46-50-54-60(65)59(58-64)63-61(66)55-51-47-43-39-36-32-29-26-24-27-30-33-37-41-45-49-53-57-68-62(67)56-52-48-44-40-34-14-12-10-8-6-4-2/h24,27,33,37,59-60,64-65H,3-23,25-26,28-32,34-36,38-58H2,1-2H3,(H,63,66)/b27-24-,37-33-. The number of hydrogen-bond donors (Lipinski definition) is 3. The Morgan fingerprint density at radius 2 is 0.735 bits per heavy atom. The van der Waals surface area contributed by atoms with E-state index in [0.29, 0.717) is 25.9 Å². The molecule has 0 heterocycles. The van der Waals surface area contributed by atoms with Gasteiger partial charge in [-0.15, -0.1) is 0 Å². The molecule has 0 aliphatic carbocycles. The highest BCUT2D eigenvalue weighted by Gasteiger charge is 2.20. The molecular weight excluding hydrogens is 839 g/mol. The molecule has 0 aromatic heterocycles. The fourth-order valence-electron chi connectivity index (χ4n) is 9.55. The molecule has 0 rings (SSSR count). The molecule has 68 heavy (non-hydrogen) atoms. The van der Waals surface area contributed by atoms with Crippen LogP contribution in [0.4, 0.5) is 0 Å². The van der Waals surface area contributed by atoms with Gasteiger partial charge in [0.1, 0.15) is 0 Å². The van der Waals surface area contributed by atoms with E-state index in [2.05, 4.69) is 43.5 Å². The monoisotopic (exact) mass is 958 g/mol. The summed E-state index contributed by atoms with van der Waals surface area (Å²) in [5.41, 5.74) is 0. The normalized spacial score (nSPS) is 12.7. The van der Waals surface area contributed by atoms with Crippen molar-refractivity contribution in [3.8, 4) is 0 Å². The molecule has 0 aromatic rings. The van der Waals surface area contributed by atoms with E-state index in [1.807, 2.05) is 0 Å². The van der Waals surface area contributed by atoms with Gasteiger partial charge in [0.2, 0.25) is 5.91 Å². The van der Waals surface area contributed by atoms with Crippen LogP contribution in [0.15, 0.2) is 24.3 Å². The molecule has 0 spiro atoms. The van der Waals surface area contributed by atoms with Crippen molar-refractivity contribution in [2.75, 3.05) is 13.2 Å². The number of rotatable bonds is 57. The number of amides is 1. The van der Waals surface area contributed by atoms with E-state index in [4.69, 9.17) is 4.74 Å². The van der Waals surface area contributed by atoms with Crippen LogP contribution in [0.5, 0.6) is 0 Å². The fraction of sp³-hybridized carbons (Fsp3) is 0.903. The molecule has 0 saturated heterocycles. The van der Waals surface area contributed by atoms with Gasteiger partial charge in [-0.25, -0.2) is 0 Å². The maximum Gasteiger partial charge on any atom is 0.305 e. The lowest BCUT2D eigenvalue weighted by atomic mass is 10.0. The molecular formula is C62H119NO5. The molecule has 2 unspecified atom stereocenters. The number of hydrogen-bond acceptors (Lipinski definition) is 5. The summed E-state index contributed by atoms with van der Waals surface area (Å²) in [4.78, 5) is 24.5. The topological polar surface area (TPSA) is 95.9 Å². The number of ether oxygens (including phenoxy) is 1. The second kappa shape index (κ2) is 57.9. The van der Waals surface area contributed by atoms with Gasteiger partial charge in [0, 0.05) is 12.8 Å². The van der Waals surface area contributed by atoms with E-state index in [0.717, 1.165) is 83.5 Å². The number of allylic oxidation sites excluding steroid dienone is 4. The Morgan fingerprint density at radius 1 is 0.412 bits per heavy atom. The first kappa shape index (κ1) is 66.3. The van der Waals surface area contributed by atoms with E-state index in [-0.39, 0.29) is 18.5 Å². The number of aliphatic hydroxyl groups is 2. The van der Waals surface area contributed by atoms with Crippen molar-refractivity contribution in [2.45, 2.75) is 347 Å². The highest BCUT2D eigenvalue weighted by molar-refractivity contribution is 5.76. The van der Waals surface area contributed by atoms with Crippen LogP contribution in [0.25, 0.3) is 0 Å². The molecule has 0 radical (unpaired) electrons. The minimum atomic E-state index is -0.676. The van der Waals surface area contributed by atoms with Crippen molar-refractivity contribution in [3.05, 3.63) is 24.3 Å². The smallest absolute Gasteiger partial charge is 0.305 e. The third-order valence-electron chi connectivity index (χ3n) is 14.3. The van der Waals surface area contributed by atoms with Crippen LogP contribution < -0.4 is 5.32 Å². The van der Waals surface area contributed by atoms with Gasteiger partial charge in [-0.05, 0) is 64.2 Å². The Labute approximate surface area is 424 Å². The predicted molar refractivity (Wildman–Crippen MR) is 296 cm³/mol. The summed E-state index contributed by atoms with van der Waals surface area (Å²) in [5, 5.41) is 23.4. The van der Waals surface area contributed by atoms with Crippen molar-refractivity contribution < 1.29 is 24.5 Å². The number of carbonyl (C=O) groups excluding carboxylic acids is 2. The first-order valence-corrected chi connectivity index (χ1v) is 30.6. The van der Waals surface area contributed by atoms with Gasteiger partial charge in [0.05, 0.1) is 25.4 Å². The Balaban J connectivity index is 3.49. The largest absolute Gasteiger partial charge is 0.466 e. The Hall–Kier alpha value is -1.66. The van der Waals surface area contributed by atoms with E-state index in [9.17, 15) is 19.8 Å². The highest BCUT2D eigenvalue weighted by Crippen LogP contribution is 2.18. The molecule has 0 saturated carbocycles. The third kappa shape index (κ3) is 53.7. The van der Waals surface area contributed by atoms with E-state index in [1.54, 1.807) is 0 Å². The Kier molecular flexibility index (Phi) is 56.5. The minimum absolute atomic E-state index is 0.0151. The molecule has 3 N–H and O–H groups in total. The van der Waals surface area contributed by atoms with E-state index < -0.39 is 12.1 Å². The van der Waals surface area contributed by atoms with Crippen molar-refractivity contribution >= 4 is 11.9 Å². The number of unbranched alkanes of at least 4 members (excludes halogenated alkanes) is 42. The maximum atomic E-state index is 12.5. The van der Waals surface area contributed by atoms with Gasteiger partial charge in [-0.1, -0.05) is 282 Å². The summed E-state index contributed by atoms with van der Waals surface area (Å²) >= 11 is 0. The third-order valence-corrected chi connectivity index (χ3v) is 14.3. The number of aliphatic hydroxyl groups excluding tert-OH is 2. The van der Waals surface area contributed by atoms with Gasteiger partial charge >= 0.3 is 5.97 Å². The second-order valence-corrected chi connectivity index (χ2v) is 21.0. The predicted octanol–water partition coefficient (Wildman–Crippen LogP) is 19.0. The quantitative estimate of drug-likeness (QED) is 0.0321. The van der Waals surface area contributed by atoms with Crippen LogP contribution in [0, 0.1) is 0 Å². The lowest BCUT2D eigenvalue weighted by Gasteiger charge is -2.22. The molecule has 2 atom stereocenters. The van der Waals surface area contributed by atoms with E-state index >= 15 is 0 Å². The fourth-order valence-corrected chi connectivity index (χ4v) is 9.55. The van der Waals surface area contributed by atoms with Gasteiger partial charge in [0.15, 0.2) is 0 Å². The summed E-state index contributed by atoms with van der Waals surface area (Å²) in [5.74, 6) is -0.0628. The molecule has 6 nitrogen and oxygen atoms in total. The maximum absolute atomic E-state index is 12.5. The van der Waals surface area contributed by atoms with Crippen LogP contribution >= 0.6 is 0 Å². The lowest BCUT2D eigenvalue weighted by Crippen LogP contribution is -2.45. The van der Waals surface area contributed by atoms with Gasteiger partial charge in [-0.3, -0.25) is 9.59 Å². The summed E-state index contributed by atoms with van der Waals surface area (Å²) in [6.07, 6.45) is 70.4. The van der Waals surface area contributed by atoms with E-state index in [1.165, 1.54) is 218 Å². The zero-order valence-corrected chi connectivity index (χ0v) is 45.9. The average molecular weight is 959 g/mol. The van der Waals surface area contributed by atoms with Crippen LogP contribution in [0.3, 0.4) is 0 Å². The summed E-state index contributed by atoms with van der Waals surface area (Å²) in [7, 11) is 0. The number of esters is 1. The van der Waals surface area contributed by atoms with Crippen molar-refractivity contribution in [1.82, 2.24) is 5.32 Å². The van der Waals surface area contributed by atoms with Crippen LogP contribution in [0.2, 0.25) is 0 Å². The van der Waals surface area contributed by atoms with Gasteiger partial charge in [-0.2, -0.15) is 0 Å². The van der Waals surface area contributed by atoms with Gasteiger partial charge in [0.25, 0.3) is 0 Å². The van der Waals surface area contributed by atoms with Gasteiger partial charge < -0.3 is 20.3 Å². The average Bonchev–Trinajstić information content (AvgIpc) is 3.34. The van der Waals surface area contributed by atoms with Crippen LogP contribution in [0.1, 0.15) is 335 Å². The second-order valence-electron chi connectivity index (χ2n) is 21.0. The van der Waals surface area contributed by atoms with Crippen LogP contribution in [-0.4, -0.2) is 47.4 Å². The summed E-state index contributed by atoms with van der Waals surface area (Å²) in [6.45, 7) is 4.93. The molecule has 0 fully saturated rings. The first-order valence-electron chi connectivity index (χ1n) is 30.6. The summed E-state index contributed by atoms with van der Waals surface area (Å²) < 4.78 is 5.44.